The molecule has 0 radical (unpaired) electrons. The van der Waals surface area contributed by atoms with Crippen LogP contribution in [-0.2, 0) is 0 Å². The normalized spacial score (nSPS) is 10.7. The molecule has 0 aliphatic rings. The van der Waals surface area contributed by atoms with Crippen molar-refractivity contribution in [2.45, 2.75) is 13.3 Å². The maximum Gasteiger partial charge on any atom is 0.126 e. The van der Waals surface area contributed by atoms with Crippen LogP contribution < -0.4 is 5.32 Å². The van der Waals surface area contributed by atoms with Crippen molar-refractivity contribution in [2.24, 2.45) is 0 Å². The van der Waals surface area contributed by atoms with Gasteiger partial charge in [-0.3, -0.25) is 0 Å². The predicted molar refractivity (Wildman–Crippen MR) is 70.5 cm³/mol. The minimum Gasteiger partial charge on any atom is -0.370 e. The maximum atomic E-state index is 6.09. The number of nitrogens with one attached hydrogen (secondary N) is 1. The van der Waals surface area contributed by atoms with Gasteiger partial charge >= 0.3 is 0 Å². The number of nitrogens with zero attached hydrogens (tertiary/aromatic N) is 1. The zero-order valence-corrected chi connectivity index (χ0v) is 10.4. The Morgan fingerprint density at radius 3 is 2.81 bits per heavy atom. The predicted octanol–water partition coefficient (Wildman–Crippen LogP) is 4.36. The Morgan fingerprint density at radius 2 is 2.06 bits per heavy atom. The second-order valence-electron chi connectivity index (χ2n) is 3.58. The Balaban J connectivity index is 2.45. The zero-order chi connectivity index (χ0) is 11.5. The second kappa shape index (κ2) is 4.89. The lowest BCUT2D eigenvalue weighted by molar-refractivity contribution is 0.972. The Morgan fingerprint density at radius 1 is 1.25 bits per heavy atom. The van der Waals surface area contributed by atoms with Crippen LogP contribution in [0.2, 0.25) is 10.0 Å². The molecule has 0 atom stereocenters. The number of rotatable bonds is 3. The summed E-state index contributed by atoms with van der Waals surface area (Å²) in [4.78, 5) is 4.45. The van der Waals surface area contributed by atoms with Crippen molar-refractivity contribution in [1.82, 2.24) is 4.98 Å². The molecule has 0 saturated heterocycles. The van der Waals surface area contributed by atoms with E-state index in [1.807, 2.05) is 18.2 Å². The van der Waals surface area contributed by atoms with Crippen molar-refractivity contribution < 1.29 is 0 Å². The van der Waals surface area contributed by atoms with E-state index >= 15 is 0 Å². The number of anilines is 1. The summed E-state index contributed by atoms with van der Waals surface area (Å²) < 4.78 is 0. The van der Waals surface area contributed by atoms with Crippen molar-refractivity contribution >= 4 is 39.9 Å². The second-order valence-corrected chi connectivity index (χ2v) is 4.43. The summed E-state index contributed by atoms with van der Waals surface area (Å²) in [7, 11) is 0. The fourth-order valence-electron chi connectivity index (χ4n) is 1.51. The highest BCUT2D eigenvalue weighted by Gasteiger charge is 2.04. The van der Waals surface area contributed by atoms with Crippen LogP contribution >= 0.6 is 23.2 Å². The monoisotopic (exact) mass is 254 g/mol. The lowest BCUT2D eigenvalue weighted by Crippen LogP contribution is -2.01. The first-order valence-electron chi connectivity index (χ1n) is 5.20. The molecule has 4 heteroatoms. The number of halogens is 2. The molecule has 84 valence electrons. The van der Waals surface area contributed by atoms with Gasteiger partial charge in [-0.1, -0.05) is 30.1 Å². The molecule has 2 aromatic rings. The Kier molecular flexibility index (Phi) is 3.52. The summed E-state index contributed by atoms with van der Waals surface area (Å²) in [5, 5.41) is 5.40. The average Bonchev–Trinajstić information content (AvgIpc) is 2.26. The molecule has 2 nitrogen and oxygen atoms in total. The van der Waals surface area contributed by atoms with E-state index in [1.165, 1.54) is 0 Å². The minimum atomic E-state index is 0.586. The van der Waals surface area contributed by atoms with Crippen LogP contribution in [0.25, 0.3) is 10.9 Å². The molecule has 0 aliphatic carbocycles. The fraction of sp³-hybridized carbons (Fsp3) is 0.250. The SMILES string of the molecule is CCCNc1ccc2cc(Cl)cc(Cl)c2n1. The maximum absolute atomic E-state index is 6.09. The van der Waals surface area contributed by atoms with Gasteiger partial charge < -0.3 is 5.32 Å². The van der Waals surface area contributed by atoms with Gasteiger partial charge in [0.25, 0.3) is 0 Å². The molecule has 0 bridgehead atoms. The van der Waals surface area contributed by atoms with E-state index in [2.05, 4.69) is 17.2 Å². The van der Waals surface area contributed by atoms with Gasteiger partial charge in [-0.05, 0) is 30.7 Å². The Bertz CT molecular complexity index is 512. The third kappa shape index (κ3) is 2.39. The molecule has 0 saturated carbocycles. The lowest BCUT2D eigenvalue weighted by atomic mass is 10.2. The van der Waals surface area contributed by atoms with E-state index in [9.17, 15) is 0 Å². The highest BCUT2D eigenvalue weighted by Crippen LogP contribution is 2.27. The number of pyridine rings is 1. The van der Waals surface area contributed by atoms with Crippen LogP contribution in [0.15, 0.2) is 24.3 Å². The number of benzene rings is 1. The molecule has 16 heavy (non-hydrogen) atoms. The highest BCUT2D eigenvalue weighted by molar-refractivity contribution is 6.38. The van der Waals surface area contributed by atoms with E-state index in [4.69, 9.17) is 23.2 Å². The van der Waals surface area contributed by atoms with Crippen LogP contribution in [0, 0.1) is 0 Å². The van der Waals surface area contributed by atoms with Gasteiger partial charge in [-0.25, -0.2) is 4.98 Å². The highest BCUT2D eigenvalue weighted by atomic mass is 35.5. The summed E-state index contributed by atoms with van der Waals surface area (Å²) in [6.45, 7) is 3.02. The van der Waals surface area contributed by atoms with Crippen molar-refractivity contribution in [3.8, 4) is 0 Å². The smallest absolute Gasteiger partial charge is 0.126 e. The van der Waals surface area contributed by atoms with Crippen molar-refractivity contribution in [1.29, 1.82) is 0 Å². The molecule has 0 unspecified atom stereocenters. The number of hydrogen-bond donors (Lipinski definition) is 1. The topological polar surface area (TPSA) is 24.9 Å². The van der Waals surface area contributed by atoms with Crippen LogP contribution in [0.5, 0.6) is 0 Å². The molecule has 1 aromatic carbocycles. The molecule has 0 amide bonds. The van der Waals surface area contributed by atoms with Gasteiger partial charge in [0.05, 0.1) is 10.5 Å². The molecule has 1 N–H and O–H groups in total. The largest absolute Gasteiger partial charge is 0.370 e. The van der Waals surface area contributed by atoms with Crippen molar-refractivity contribution in [3.05, 3.63) is 34.3 Å². The van der Waals surface area contributed by atoms with Gasteiger partial charge in [0.15, 0.2) is 0 Å². The van der Waals surface area contributed by atoms with Gasteiger partial charge in [-0.15, -0.1) is 0 Å². The number of aromatic nitrogens is 1. The summed E-state index contributed by atoms with van der Waals surface area (Å²) in [6, 6.07) is 7.48. The van der Waals surface area contributed by atoms with Gasteiger partial charge in [0.1, 0.15) is 5.82 Å². The number of hydrogen-bond acceptors (Lipinski definition) is 2. The summed E-state index contributed by atoms with van der Waals surface area (Å²) in [5.74, 6) is 0.846. The zero-order valence-electron chi connectivity index (χ0n) is 8.93. The van der Waals surface area contributed by atoms with Crippen LogP contribution in [0.4, 0.5) is 5.82 Å². The Hall–Kier alpha value is -0.990. The summed E-state index contributed by atoms with van der Waals surface area (Å²) in [5.41, 5.74) is 0.784. The van der Waals surface area contributed by atoms with Crippen molar-refractivity contribution in [3.63, 3.8) is 0 Å². The molecule has 0 spiro atoms. The summed E-state index contributed by atoms with van der Waals surface area (Å²) >= 11 is 12.0. The van der Waals surface area contributed by atoms with E-state index < -0.39 is 0 Å². The lowest BCUT2D eigenvalue weighted by Gasteiger charge is -2.06. The first-order chi connectivity index (χ1) is 7.70. The standard InChI is InChI=1S/C12H12Cl2N2/c1-2-5-15-11-4-3-8-6-9(13)7-10(14)12(8)16-11/h3-4,6-7H,2,5H2,1H3,(H,15,16). The van der Waals surface area contributed by atoms with E-state index in [0.717, 1.165) is 29.7 Å². The van der Waals surface area contributed by atoms with Crippen molar-refractivity contribution in [2.75, 3.05) is 11.9 Å². The van der Waals surface area contributed by atoms with Gasteiger partial charge in [0, 0.05) is 17.0 Å². The molecule has 0 fully saturated rings. The van der Waals surface area contributed by atoms with E-state index in [1.54, 1.807) is 6.07 Å². The molecule has 1 aromatic heterocycles. The third-order valence-corrected chi connectivity index (χ3v) is 2.77. The molecular formula is C12H12Cl2N2. The average molecular weight is 255 g/mol. The number of fused-ring (bicyclic) bond motifs is 1. The molecule has 1 heterocycles. The fourth-order valence-corrected chi connectivity index (χ4v) is 2.06. The van der Waals surface area contributed by atoms with Gasteiger partial charge in [0.2, 0.25) is 0 Å². The minimum absolute atomic E-state index is 0.586. The molecule has 0 aliphatic heterocycles. The molecular weight excluding hydrogens is 243 g/mol. The van der Waals surface area contributed by atoms with E-state index in [-0.39, 0.29) is 0 Å². The first-order valence-corrected chi connectivity index (χ1v) is 5.96. The third-order valence-electron chi connectivity index (χ3n) is 2.27. The van der Waals surface area contributed by atoms with Gasteiger partial charge in [-0.2, -0.15) is 0 Å². The van der Waals surface area contributed by atoms with Crippen LogP contribution in [0.1, 0.15) is 13.3 Å². The quantitative estimate of drug-likeness (QED) is 0.881. The first kappa shape index (κ1) is 11.5. The Labute approximate surface area is 105 Å². The van der Waals surface area contributed by atoms with Crippen LogP contribution in [-0.4, -0.2) is 11.5 Å². The summed E-state index contributed by atoms with van der Waals surface area (Å²) in [6.07, 6.45) is 1.06. The molecule has 2 rings (SSSR count). The van der Waals surface area contributed by atoms with Crippen LogP contribution in [0.3, 0.4) is 0 Å². The van der Waals surface area contributed by atoms with E-state index in [0.29, 0.717) is 10.0 Å².